The lowest BCUT2D eigenvalue weighted by atomic mass is 10.2. The van der Waals surface area contributed by atoms with Gasteiger partial charge in [0.2, 0.25) is 11.5 Å². The maximum atomic E-state index is 12.6. The maximum absolute atomic E-state index is 12.6. The van der Waals surface area contributed by atoms with E-state index >= 15 is 0 Å². The number of nitrogens with one attached hydrogen (secondary N) is 1. The van der Waals surface area contributed by atoms with Gasteiger partial charge < -0.3 is 26.3 Å². The number of benzene rings is 1. The number of nitrogens with two attached hydrogens (primary N) is 2. The quantitative estimate of drug-likeness (QED) is 0.360. The second-order valence-corrected chi connectivity index (χ2v) is 6.51. The smallest absolute Gasteiger partial charge is 0.353 e. The molecule has 11 heteroatoms. The number of imidazole rings is 1. The van der Waals surface area contributed by atoms with E-state index in [2.05, 4.69) is 15.3 Å². The Hall–Kier alpha value is -4.15. The maximum Gasteiger partial charge on any atom is 0.353 e. The van der Waals surface area contributed by atoms with Crippen molar-refractivity contribution in [3.05, 3.63) is 47.1 Å². The van der Waals surface area contributed by atoms with E-state index in [0.717, 1.165) is 33.0 Å². The Bertz CT molecular complexity index is 1310. The van der Waals surface area contributed by atoms with Crippen LogP contribution in [0.1, 0.15) is 32.4 Å². The molecule has 4 aromatic rings. The van der Waals surface area contributed by atoms with Gasteiger partial charge in [0.1, 0.15) is 18.4 Å². The van der Waals surface area contributed by atoms with Crippen molar-refractivity contribution in [2.45, 2.75) is 13.5 Å². The topological polar surface area (TPSA) is 166 Å². The largest absolute Gasteiger partial charge is 0.477 e. The lowest BCUT2D eigenvalue weighted by molar-refractivity contribution is -0.657. The molecule has 1 aromatic carbocycles. The van der Waals surface area contributed by atoms with Crippen molar-refractivity contribution < 1.29 is 23.7 Å². The lowest BCUT2D eigenvalue weighted by Crippen LogP contribution is -2.29. The van der Waals surface area contributed by atoms with E-state index in [1.54, 1.807) is 0 Å². The van der Waals surface area contributed by atoms with E-state index in [-0.39, 0.29) is 35.3 Å². The van der Waals surface area contributed by atoms with Crippen molar-refractivity contribution in [3.63, 3.8) is 0 Å². The highest BCUT2D eigenvalue weighted by Crippen LogP contribution is 2.19. The third-order valence-electron chi connectivity index (χ3n) is 4.67. The number of aromatic carboxylic acids is 1. The van der Waals surface area contributed by atoms with Gasteiger partial charge in [-0.3, -0.25) is 9.20 Å². The van der Waals surface area contributed by atoms with Gasteiger partial charge in [0.25, 0.3) is 11.4 Å². The number of carboxylic acid groups (broad SMARTS) is 1. The number of aryl methyl sites for hydroxylation is 2. The van der Waals surface area contributed by atoms with Crippen molar-refractivity contribution in [1.82, 2.24) is 19.7 Å². The minimum atomic E-state index is -1.29. The van der Waals surface area contributed by atoms with Crippen LogP contribution >= 0.6 is 0 Å². The molecule has 0 saturated carbocycles. The van der Waals surface area contributed by atoms with Gasteiger partial charge in [-0.1, -0.05) is 6.07 Å². The van der Waals surface area contributed by atoms with Crippen molar-refractivity contribution >= 4 is 40.4 Å². The number of amides is 1. The summed E-state index contributed by atoms with van der Waals surface area (Å²) in [5.41, 5.74) is 13.6. The summed E-state index contributed by atoms with van der Waals surface area (Å²) in [6, 6.07) is 6.69. The molecule has 3 aromatic heterocycles. The zero-order valence-corrected chi connectivity index (χ0v) is 15.6. The molecule has 0 spiro atoms. The molecule has 0 atom stereocenters. The minimum absolute atomic E-state index is 0.00914. The Morgan fingerprint density at radius 1 is 1.28 bits per heavy atom. The van der Waals surface area contributed by atoms with Crippen LogP contribution in [0.25, 0.3) is 16.7 Å². The molecule has 0 aliphatic carbocycles. The summed E-state index contributed by atoms with van der Waals surface area (Å²) in [6.45, 7) is 2.07. The van der Waals surface area contributed by atoms with Crippen LogP contribution in [0.5, 0.6) is 0 Å². The number of carbonyl (C=O) groups excluding carboxylic acids is 1. The first-order valence-corrected chi connectivity index (χ1v) is 8.60. The molecule has 0 aliphatic rings. The number of nitrogens with zero attached hydrogens (tertiary/aromatic N) is 4. The number of aromatic nitrogens is 4. The summed E-state index contributed by atoms with van der Waals surface area (Å²) in [5.74, 6) is -1.26. The number of anilines is 2. The van der Waals surface area contributed by atoms with Crippen molar-refractivity contribution in [1.29, 1.82) is 0 Å². The number of rotatable bonds is 4. The molecule has 0 unspecified atom stereocenters. The fraction of sp³-hybridized carbons (Fsp3) is 0.167. The third-order valence-corrected chi connectivity index (χ3v) is 4.67. The van der Waals surface area contributed by atoms with Crippen molar-refractivity contribution in [3.8, 4) is 0 Å². The Labute approximate surface area is 163 Å². The second-order valence-electron chi connectivity index (χ2n) is 6.51. The summed E-state index contributed by atoms with van der Waals surface area (Å²) in [4.78, 5) is 32.1. The molecule has 0 saturated heterocycles. The molecule has 0 fully saturated rings. The van der Waals surface area contributed by atoms with Gasteiger partial charge in [-0.15, -0.1) is 0 Å². The van der Waals surface area contributed by atoms with Crippen molar-refractivity contribution in [2.75, 3.05) is 11.5 Å². The van der Waals surface area contributed by atoms with Gasteiger partial charge in [-0.2, -0.15) is 9.55 Å². The first kappa shape index (κ1) is 18.2. The van der Waals surface area contributed by atoms with E-state index in [4.69, 9.17) is 15.9 Å². The average molecular weight is 396 g/mol. The molecule has 11 nitrogen and oxygen atoms in total. The number of hydrogen-bond acceptors (Lipinski definition) is 7. The van der Waals surface area contributed by atoms with E-state index < -0.39 is 11.9 Å². The third kappa shape index (κ3) is 2.98. The molecule has 1 amide bonds. The molecule has 148 valence electrons. The number of fused-ring (bicyclic) bond motifs is 2. The predicted molar refractivity (Wildman–Crippen MR) is 102 cm³/mol. The van der Waals surface area contributed by atoms with Gasteiger partial charge >= 0.3 is 11.9 Å². The molecule has 3 heterocycles. The average Bonchev–Trinajstić information content (AvgIpc) is 3.14. The SMILES string of the molecule is Cc1oc2ccc(CNC(=O)c3cc(C(=O)O)n4c(N)nc(N)c4n3)cc2[n+]1C. The number of nitrogen functional groups attached to an aromatic ring is 2. The van der Waals surface area contributed by atoms with Gasteiger partial charge in [-0.25, -0.2) is 9.78 Å². The lowest BCUT2D eigenvalue weighted by Gasteiger charge is -2.08. The van der Waals surface area contributed by atoms with Gasteiger partial charge in [0.15, 0.2) is 11.5 Å². The molecule has 0 aliphatic heterocycles. The minimum Gasteiger partial charge on any atom is -0.477 e. The standard InChI is InChI=1S/C18H17N7O4/c1-8-24(2)11-5-9(3-4-13(11)29-8)7-21-16(26)10-6-12(17(27)28)25-15(22-10)14(19)23-18(25)20/h3-6H,7H2,1-2H3,(H5-,19,20,21,23,26,27,28)/p+1. The molecular weight excluding hydrogens is 378 g/mol. The van der Waals surface area contributed by atoms with Gasteiger partial charge in [0.05, 0.1) is 6.92 Å². The van der Waals surface area contributed by atoms with Crippen LogP contribution in [0, 0.1) is 6.92 Å². The van der Waals surface area contributed by atoms with Crippen LogP contribution in [-0.4, -0.2) is 31.4 Å². The molecule has 0 radical (unpaired) electrons. The summed E-state index contributed by atoms with van der Waals surface area (Å²) < 4.78 is 8.61. The number of oxazole rings is 1. The summed E-state index contributed by atoms with van der Waals surface area (Å²) in [7, 11) is 1.89. The molecule has 6 N–H and O–H groups in total. The van der Waals surface area contributed by atoms with Crippen LogP contribution in [0.2, 0.25) is 0 Å². The predicted octanol–water partition coefficient (Wildman–Crippen LogP) is 0.401. The second kappa shape index (κ2) is 6.48. The molecule has 4 rings (SSSR count). The Balaban J connectivity index is 1.63. The fourth-order valence-corrected chi connectivity index (χ4v) is 3.10. The Kier molecular flexibility index (Phi) is 4.07. The Morgan fingerprint density at radius 3 is 2.76 bits per heavy atom. The highest BCUT2D eigenvalue weighted by molar-refractivity contribution is 5.97. The molecular formula is C18H18N7O4+. The monoisotopic (exact) mass is 396 g/mol. The van der Waals surface area contributed by atoms with Crippen LogP contribution in [0.3, 0.4) is 0 Å². The summed E-state index contributed by atoms with van der Waals surface area (Å²) in [6.07, 6.45) is 0. The van der Waals surface area contributed by atoms with Crippen LogP contribution in [0.4, 0.5) is 11.8 Å². The van der Waals surface area contributed by atoms with Crippen LogP contribution in [-0.2, 0) is 13.6 Å². The van der Waals surface area contributed by atoms with E-state index in [0.29, 0.717) is 0 Å². The zero-order valence-electron chi connectivity index (χ0n) is 15.6. The van der Waals surface area contributed by atoms with E-state index in [9.17, 15) is 14.7 Å². The summed E-state index contributed by atoms with van der Waals surface area (Å²) in [5, 5.41) is 12.2. The fourth-order valence-electron chi connectivity index (χ4n) is 3.10. The van der Waals surface area contributed by atoms with Crippen molar-refractivity contribution in [2.24, 2.45) is 7.05 Å². The highest BCUT2D eigenvalue weighted by Gasteiger charge is 2.21. The molecule has 0 bridgehead atoms. The first-order chi connectivity index (χ1) is 13.8. The summed E-state index contributed by atoms with van der Waals surface area (Å²) >= 11 is 0. The normalized spacial score (nSPS) is 11.2. The Morgan fingerprint density at radius 2 is 2.03 bits per heavy atom. The van der Waals surface area contributed by atoms with Crippen LogP contribution in [0.15, 0.2) is 28.7 Å². The van der Waals surface area contributed by atoms with Gasteiger partial charge in [0, 0.05) is 18.7 Å². The van der Waals surface area contributed by atoms with E-state index in [1.165, 1.54) is 0 Å². The zero-order chi connectivity index (χ0) is 20.9. The highest BCUT2D eigenvalue weighted by atomic mass is 16.4. The number of carbonyl (C=O) groups is 2. The number of carboxylic acids is 1. The van der Waals surface area contributed by atoms with E-state index in [1.807, 2.05) is 36.7 Å². The van der Waals surface area contributed by atoms with Crippen LogP contribution < -0.4 is 21.4 Å². The molecule has 29 heavy (non-hydrogen) atoms. The van der Waals surface area contributed by atoms with Gasteiger partial charge in [-0.05, 0) is 11.6 Å². The first-order valence-electron chi connectivity index (χ1n) is 8.60. The number of hydrogen-bond donors (Lipinski definition) is 4.